The van der Waals surface area contributed by atoms with Crippen LogP contribution in [-0.4, -0.2) is 39.4 Å². The lowest BCUT2D eigenvalue weighted by Crippen LogP contribution is -2.34. The first kappa shape index (κ1) is 20.9. The highest BCUT2D eigenvalue weighted by Gasteiger charge is 2.32. The molecule has 1 unspecified atom stereocenters. The summed E-state index contributed by atoms with van der Waals surface area (Å²) in [5.74, 6) is -1.69. The van der Waals surface area contributed by atoms with Gasteiger partial charge < -0.3 is 4.90 Å². The monoisotopic (exact) mass is 430 g/mol. The number of benzene rings is 1. The summed E-state index contributed by atoms with van der Waals surface area (Å²) in [6.07, 6.45) is -1.23. The van der Waals surface area contributed by atoms with Crippen molar-refractivity contribution < 1.29 is 22.4 Å². The molecule has 1 amide bonds. The standard InChI is InChI=1S/C22H18F4N4O/c1-12(13-7-14(22(24,25)26)9-15(23)8-13)18-10-19(29-11-28-18)20-16-4-6-30(2)21(31)17(16)3-5-27-20/h3,5,7-12H,4,6H2,1-2H3. The van der Waals surface area contributed by atoms with Gasteiger partial charge in [-0.3, -0.25) is 9.78 Å². The number of alkyl halides is 3. The van der Waals surface area contributed by atoms with Gasteiger partial charge in [-0.25, -0.2) is 14.4 Å². The van der Waals surface area contributed by atoms with Gasteiger partial charge in [-0.1, -0.05) is 6.92 Å². The minimum absolute atomic E-state index is 0.105. The lowest BCUT2D eigenvalue weighted by molar-refractivity contribution is -0.137. The number of hydrogen-bond donors (Lipinski definition) is 0. The van der Waals surface area contributed by atoms with E-state index in [1.165, 1.54) is 12.5 Å². The second-order valence-electron chi connectivity index (χ2n) is 7.48. The first-order valence-electron chi connectivity index (χ1n) is 9.58. The molecule has 3 aromatic rings. The SMILES string of the molecule is CC(c1cc(F)cc(C(F)(F)F)c1)c1cc(-c2nccc3c2CCN(C)C3=O)ncn1. The van der Waals surface area contributed by atoms with Crippen LogP contribution in [0.5, 0.6) is 0 Å². The minimum atomic E-state index is -4.65. The summed E-state index contributed by atoms with van der Waals surface area (Å²) >= 11 is 0. The van der Waals surface area contributed by atoms with Crippen molar-refractivity contribution in [1.82, 2.24) is 19.9 Å². The van der Waals surface area contributed by atoms with Crippen LogP contribution in [-0.2, 0) is 12.6 Å². The zero-order chi connectivity index (χ0) is 22.3. The summed E-state index contributed by atoms with van der Waals surface area (Å²) in [6.45, 7) is 2.19. The maximum Gasteiger partial charge on any atom is 0.416 e. The second kappa shape index (κ2) is 7.72. The highest BCUT2D eigenvalue weighted by molar-refractivity contribution is 5.98. The fourth-order valence-corrected chi connectivity index (χ4v) is 3.69. The molecular weight excluding hydrogens is 412 g/mol. The van der Waals surface area contributed by atoms with Crippen LogP contribution in [0, 0.1) is 5.82 Å². The van der Waals surface area contributed by atoms with Gasteiger partial charge in [-0.2, -0.15) is 13.2 Å². The molecule has 31 heavy (non-hydrogen) atoms. The molecule has 1 aliphatic heterocycles. The van der Waals surface area contributed by atoms with E-state index in [-0.39, 0.29) is 11.5 Å². The molecule has 3 heterocycles. The number of rotatable bonds is 3. The van der Waals surface area contributed by atoms with Crippen LogP contribution in [0.15, 0.2) is 42.9 Å². The fraction of sp³-hybridized carbons (Fsp3) is 0.273. The van der Waals surface area contributed by atoms with Crippen molar-refractivity contribution in [2.24, 2.45) is 0 Å². The van der Waals surface area contributed by atoms with E-state index < -0.39 is 23.5 Å². The minimum Gasteiger partial charge on any atom is -0.341 e. The van der Waals surface area contributed by atoms with E-state index in [1.807, 2.05) is 0 Å². The Balaban J connectivity index is 1.74. The Labute approximate surface area is 175 Å². The fourth-order valence-electron chi connectivity index (χ4n) is 3.69. The Morgan fingerprint density at radius 1 is 1.10 bits per heavy atom. The summed E-state index contributed by atoms with van der Waals surface area (Å²) in [4.78, 5) is 26.9. The average Bonchev–Trinajstić information content (AvgIpc) is 2.74. The molecule has 2 aromatic heterocycles. The van der Waals surface area contributed by atoms with E-state index in [0.29, 0.717) is 41.7 Å². The number of aromatic nitrogens is 3. The summed E-state index contributed by atoms with van der Waals surface area (Å²) in [5.41, 5.74) is 1.83. The molecule has 0 saturated heterocycles. The molecule has 0 N–H and O–H groups in total. The molecule has 4 rings (SSSR count). The molecule has 160 valence electrons. The summed E-state index contributed by atoms with van der Waals surface area (Å²) in [5, 5.41) is 0. The summed E-state index contributed by atoms with van der Waals surface area (Å²) in [6, 6.07) is 5.74. The predicted molar refractivity (Wildman–Crippen MR) is 105 cm³/mol. The topological polar surface area (TPSA) is 59.0 Å². The van der Waals surface area contributed by atoms with E-state index >= 15 is 0 Å². The Morgan fingerprint density at radius 3 is 2.61 bits per heavy atom. The number of fused-ring (bicyclic) bond motifs is 1. The Kier molecular flexibility index (Phi) is 5.20. The van der Waals surface area contributed by atoms with Crippen molar-refractivity contribution in [1.29, 1.82) is 0 Å². The van der Waals surface area contributed by atoms with Crippen molar-refractivity contribution in [2.45, 2.75) is 25.4 Å². The molecule has 1 aliphatic rings. The van der Waals surface area contributed by atoms with Gasteiger partial charge in [-0.05, 0) is 47.9 Å². The van der Waals surface area contributed by atoms with Gasteiger partial charge in [0.05, 0.1) is 22.6 Å². The number of likely N-dealkylation sites (N-methyl/N-ethyl adjacent to an activating group) is 1. The zero-order valence-electron chi connectivity index (χ0n) is 16.7. The molecule has 0 bridgehead atoms. The molecule has 0 radical (unpaired) electrons. The van der Waals surface area contributed by atoms with Gasteiger partial charge in [-0.15, -0.1) is 0 Å². The molecule has 0 fully saturated rings. The molecular formula is C22H18F4N4O. The second-order valence-corrected chi connectivity index (χ2v) is 7.48. The normalized spacial score (nSPS) is 15.0. The van der Waals surface area contributed by atoms with Crippen molar-refractivity contribution in [2.75, 3.05) is 13.6 Å². The Morgan fingerprint density at radius 2 is 1.87 bits per heavy atom. The first-order valence-corrected chi connectivity index (χ1v) is 9.58. The quantitative estimate of drug-likeness (QED) is 0.575. The summed E-state index contributed by atoms with van der Waals surface area (Å²) < 4.78 is 53.1. The molecule has 1 aromatic carbocycles. The summed E-state index contributed by atoms with van der Waals surface area (Å²) in [7, 11) is 1.73. The molecule has 1 atom stereocenters. The average molecular weight is 430 g/mol. The molecule has 0 aliphatic carbocycles. The van der Waals surface area contributed by atoms with E-state index in [0.717, 1.165) is 17.7 Å². The Bertz CT molecular complexity index is 1160. The van der Waals surface area contributed by atoms with Crippen molar-refractivity contribution in [3.05, 3.63) is 76.6 Å². The Hall–Kier alpha value is -3.36. The maximum absolute atomic E-state index is 13.9. The molecule has 9 heteroatoms. The van der Waals surface area contributed by atoms with Crippen molar-refractivity contribution >= 4 is 5.91 Å². The highest BCUT2D eigenvalue weighted by Crippen LogP contribution is 2.34. The van der Waals surface area contributed by atoms with Crippen LogP contribution >= 0.6 is 0 Å². The third-order valence-corrected chi connectivity index (χ3v) is 5.45. The van der Waals surface area contributed by atoms with E-state index in [2.05, 4.69) is 15.0 Å². The van der Waals surface area contributed by atoms with E-state index in [9.17, 15) is 22.4 Å². The van der Waals surface area contributed by atoms with Gasteiger partial charge in [0.1, 0.15) is 12.1 Å². The number of nitrogens with zero attached hydrogens (tertiary/aromatic N) is 4. The van der Waals surface area contributed by atoms with Gasteiger partial charge in [0.25, 0.3) is 5.91 Å². The van der Waals surface area contributed by atoms with E-state index in [1.54, 1.807) is 31.0 Å². The van der Waals surface area contributed by atoms with Crippen LogP contribution in [0.25, 0.3) is 11.4 Å². The van der Waals surface area contributed by atoms with Crippen molar-refractivity contribution in [3.8, 4) is 11.4 Å². The first-order chi connectivity index (χ1) is 14.6. The van der Waals surface area contributed by atoms with Gasteiger partial charge in [0.2, 0.25) is 0 Å². The maximum atomic E-state index is 13.9. The smallest absolute Gasteiger partial charge is 0.341 e. The van der Waals surface area contributed by atoms with E-state index in [4.69, 9.17) is 0 Å². The zero-order valence-corrected chi connectivity index (χ0v) is 16.7. The van der Waals surface area contributed by atoms with Gasteiger partial charge >= 0.3 is 6.18 Å². The number of carbonyl (C=O) groups is 1. The molecule has 0 saturated carbocycles. The number of carbonyl (C=O) groups excluding carboxylic acids is 1. The van der Waals surface area contributed by atoms with Crippen LogP contribution in [0.4, 0.5) is 17.6 Å². The number of hydrogen-bond acceptors (Lipinski definition) is 4. The number of halogens is 4. The number of pyridine rings is 1. The van der Waals surface area contributed by atoms with Crippen LogP contribution < -0.4 is 0 Å². The predicted octanol–water partition coefficient (Wildman–Crippen LogP) is 4.48. The largest absolute Gasteiger partial charge is 0.416 e. The lowest BCUT2D eigenvalue weighted by atomic mass is 9.93. The lowest BCUT2D eigenvalue weighted by Gasteiger charge is -2.25. The third-order valence-electron chi connectivity index (χ3n) is 5.45. The highest BCUT2D eigenvalue weighted by atomic mass is 19.4. The van der Waals surface area contributed by atoms with Gasteiger partial charge in [0.15, 0.2) is 0 Å². The van der Waals surface area contributed by atoms with Crippen molar-refractivity contribution in [3.63, 3.8) is 0 Å². The molecule has 5 nitrogen and oxygen atoms in total. The molecule has 0 spiro atoms. The van der Waals surface area contributed by atoms with Crippen LogP contribution in [0.2, 0.25) is 0 Å². The van der Waals surface area contributed by atoms with Crippen LogP contribution in [0.1, 0.15) is 45.6 Å². The van der Waals surface area contributed by atoms with Gasteiger partial charge in [0, 0.05) is 31.3 Å². The third kappa shape index (κ3) is 3.99. The number of amides is 1. The van der Waals surface area contributed by atoms with Crippen LogP contribution in [0.3, 0.4) is 0 Å².